The molecule has 0 nitrogen and oxygen atoms in total. The Bertz CT molecular complexity index is 220. The monoisotopic (exact) mass is 184 g/mol. The highest BCUT2D eigenvalue weighted by molar-refractivity contribution is 7.81. The molecule has 0 aliphatic heterocycles. The van der Waals surface area contributed by atoms with Gasteiger partial charge in [0, 0.05) is 9.62 Å². The van der Waals surface area contributed by atoms with Crippen LogP contribution >= 0.6 is 24.0 Å². The third-order valence-corrected chi connectivity index (χ3v) is 4.32. The van der Waals surface area contributed by atoms with E-state index in [-0.39, 0.29) is 4.75 Å². The summed E-state index contributed by atoms with van der Waals surface area (Å²) in [5.74, 6) is 0. The van der Waals surface area contributed by atoms with Gasteiger partial charge in [-0.15, -0.1) is 11.3 Å². The molecular weight excluding hydrogens is 172 g/mol. The van der Waals surface area contributed by atoms with Crippen molar-refractivity contribution in [1.29, 1.82) is 0 Å². The minimum atomic E-state index is 0.230. The van der Waals surface area contributed by atoms with Crippen LogP contribution in [-0.2, 0) is 4.75 Å². The second kappa shape index (κ2) is 2.83. The van der Waals surface area contributed by atoms with Gasteiger partial charge in [-0.25, -0.2) is 0 Å². The molecule has 1 aliphatic carbocycles. The Labute approximate surface area is 77.0 Å². The fraction of sp³-hybridized carbons (Fsp3) is 0.556. The minimum absolute atomic E-state index is 0.230. The van der Waals surface area contributed by atoms with Crippen LogP contribution in [-0.4, -0.2) is 0 Å². The van der Waals surface area contributed by atoms with Gasteiger partial charge in [-0.3, -0.25) is 0 Å². The van der Waals surface area contributed by atoms with Crippen molar-refractivity contribution < 1.29 is 0 Å². The highest BCUT2D eigenvalue weighted by Crippen LogP contribution is 2.45. The summed E-state index contributed by atoms with van der Waals surface area (Å²) in [6.07, 6.45) is 5.22. The molecule has 0 spiro atoms. The summed E-state index contributed by atoms with van der Waals surface area (Å²) in [6.45, 7) is 0. The Morgan fingerprint density at radius 1 is 1.36 bits per heavy atom. The summed E-state index contributed by atoms with van der Waals surface area (Å²) in [4.78, 5) is 1.46. The van der Waals surface area contributed by atoms with Crippen molar-refractivity contribution >= 4 is 24.0 Å². The average Bonchev–Trinajstić information content (AvgIpc) is 2.55. The van der Waals surface area contributed by atoms with Gasteiger partial charge >= 0.3 is 0 Å². The van der Waals surface area contributed by atoms with Crippen LogP contribution in [0.2, 0.25) is 0 Å². The highest BCUT2D eigenvalue weighted by Gasteiger charge is 2.32. The molecule has 0 saturated heterocycles. The van der Waals surface area contributed by atoms with E-state index in [4.69, 9.17) is 12.6 Å². The summed E-state index contributed by atoms with van der Waals surface area (Å²) in [5, 5.41) is 2.14. The molecule has 1 aromatic rings. The van der Waals surface area contributed by atoms with Gasteiger partial charge in [0.15, 0.2) is 0 Å². The van der Waals surface area contributed by atoms with Crippen molar-refractivity contribution in [2.45, 2.75) is 30.4 Å². The molecule has 1 aliphatic rings. The maximum atomic E-state index is 4.75. The standard InChI is InChI=1S/C9H12S2/c10-9(5-1-2-6-9)8-4-3-7-11-8/h3-4,7,10H,1-2,5-6H2. The molecule has 2 rings (SSSR count). The zero-order chi connectivity index (χ0) is 7.73. The van der Waals surface area contributed by atoms with Crippen molar-refractivity contribution in [2.75, 3.05) is 0 Å². The Morgan fingerprint density at radius 2 is 2.09 bits per heavy atom. The largest absolute Gasteiger partial charge is 0.167 e. The topological polar surface area (TPSA) is 0 Å². The molecule has 2 heteroatoms. The van der Waals surface area contributed by atoms with Crippen LogP contribution in [0.4, 0.5) is 0 Å². The van der Waals surface area contributed by atoms with Gasteiger partial charge in [0.25, 0.3) is 0 Å². The predicted octanol–water partition coefficient (Wildman–Crippen LogP) is 3.45. The third kappa shape index (κ3) is 1.34. The van der Waals surface area contributed by atoms with Gasteiger partial charge in [-0.05, 0) is 24.3 Å². The van der Waals surface area contributed by atoms with Crippen LogP contribution in [0.5, 0.6) is 0 Å². The van der Waals surface area contributed by atoms with E-state index in [1.54, 1.807) is 0 Å². The second-order valence-electron chi connectivity index (χ2n) is 3.22. The summed E-state index contributed by atoms with van der Waals surface area (Å²) >= 11 is 6.59. The molecule has 1 fully saturated rings. The van der Waals surface area contributed by atoms with Crippen LogP contribution in [0.3, 0.4) is 0 Å². The Hall–Kier alpha value is 0.0500. The third-order valence-electron chi connectivity index (χ3n) is 2.41. The van der Waals surface area contributed by atoms with Crippen LogP contribution in [0, 0.1) is 0 Å². The van der Waals surface area contributed by atoms with E-state index in [1.165, 1.54) is 30.6 Å². The van der Waals surface area contributed by atoms with Crippen molar-refractivity contribution in [1.82, 2.24) is 0 Å². The SMILES string of the molecule is SC1(c2cccs2)CCCC1. The van der Waals surface area contributed by atoms with Gasteiger partial charge < -0.3 is 0 Å². The Kier molecular flexibility index (Phi) is 1.98. The minimum Gasteiger partial charge on any atom is -0.167 e. The van der Waals surface area contributed by atoms with Gasteiger partial charge in [0.05, 0.1) is 0 Å². The molecule has 0 radical (unpaired) electrons. The van der Waals surface area contributed by atoms with Crippen LogP contribution in [0.25, 0.3) is 0 Å². The Morgan fingerprint density at radius 3 is 2.64 bits per heavy atom. The lowest BCUT2D eigenvalue weighted by atomic mass is 10.1. The fourth-order valence-electron chi connectivity index (χ4n) is 1.75. The van der Waals surface area contributed by atoms with Crippen LogP contribution in [0.1, 0.15) is 30.6 Å². The number of thiophene rings is 1. The van der Waals surface area contributed by atoms with Gasteiger partial charge in [-0.1, -0.05) is 18.9 Å². The quantitative estimate of drug-likeness (QED) is 0.635. The van der Waals surface area contributed by atoms with Crippen LogP contribution < -0.4 is 0 Å². The van der Waals surface area contributed by atoms with Gasteiger partial charge in [-0.2, -0.15) is 12.6 Å². The molecule has 1 saturated carbocycles. The van der Waals surface area contributed by atoms with Crippen molar-refractivity contribution in [3.05, 3.63) is 22.4 Å². The molecule has 0 bridgehead atoms. The van der Waals surface area contributed by atoms with Crippen molar-refractivity contribution in [2.24, 2.45) is 0 Å². The molecule has 60 valence electrons. The lowest BCUT2D eigenvalue weighted by molar-refractivity contribution is 0.672. The molecular formula is C9H12S2. The fourth-order valence-corrected chi connectivity index (χ4v) is 3.18. The first kappa shape index (κ1) is 7.69. The maximum absolute atomic E-state index is 4.75. The van der Waals surface area contributed by atoms with Crippen molar-refractivity contribution in [3.8, 4) is 0 Å². The Balaban J connectivity index is 2.27. The molecule has 1 heterocycles. The van der Waals surface area contributed by atoms with E-state index in [1.807, 2.05) is 11.3 Å². The second-order valence-corrected chi connectivity index (χ2v) is 5.02. The molecule has 0 aromatic carbocycles. The van der Waals surface area contributed by atoms with Gasteiger partial charge in [0.2, 0.25) is 0 Å². The number of hydrogen-bond donors (Lipinski definition) is 1. The summed E-state index contributed by atoms with van der Waals surface area (Å²) in [6, 6.07) is 4.33. The lowest BCUT2D eigenvalue weighted by Crippen LogP contribution is -2.10. The van der Waals surface area contributed by atoms with E-state index in [9.17, 15) is 0 Å². The number of thiol groups is 1. The smallest absolute Gasteiger partial charge is 0.0471 e. The zero-order valence-electron chi connectivity index (χ0n) is 6.42. The molecule has 11 heavy (non-hydrogen) atoms. The summed E-state index contributed by atoms with van der Waals surface area (Å²) in [7, 11) is 0. The van der Waals surface area contributed by atoms with E-state index < -0.39 is 0 Å². The first-order valence-electron chi connectivity index (χ1n) is 4.08. The molecule has 0 atom stereocenters. The average molecular weight is 184 g/mol. The maximum Gasteiger partial charge on any atom is 0.0471 e. The molecule has 0 unspecified atom stereocenters. The first-order chi connectivity index (χ1) is 5.31. The van der Waals surface area contributed by atoms with Crippen LogP contribution in [0.15, 0.2) is 17.5 Å². The summed E-state index contributed by atoms with van der Waals surface area (Å²) in [5.41, 5.74) is 0. The van der Waals surface area contributed by atoms with E-state index >= 15 is 0 Å². The van der Waals surface area contributed by atoms with E-state index in [0.717, 1.165) is 0 Å². The first-order valence-corrected chi connectivity index (χ1v) is 5.40. The molecule has 0 N–H and O–H groups in total. The predicted molar refractivity (Wildman–Crippen MR) is 53.5 cm³/mol. The number of hydrogen-bond acceptors (Lipinski definition) is 2. The molecule has 1 aromatic heterocycles. The molecule has 0 amide bonds. The normalized spacial score (nSPS) is 22.3. The van der Waals surface area contributed by atoms with Gasteiger partial charge in [0.1, 0.15) is 0 Å². The van der Waals surface area contributed by atoms with Crippen molar-refractivity contribution in [3.63, 3.8) is 0 Å². The zero-order valence-corrected chi connectivity index (χ0v) is 8.13. The number of rotatable bonds is 1. The summed E-state index contributed by atoms with van der Waals surface area (Å²) < 4.78 is 0.230. The lowest BCUT2D eigenvalue weighted by Gasteiger charge is -2.19. The highest BCUT2D eigenvalue weighted by atomic mass is 32.1. The van der Waals surface area contributed by atoms with E-state index in [2.05, 4.69) is 17.5 Å². The van der Waals surface area contributed by atoms with E-state index in [0.29, 0.717) is 0 Å².